The summed E-state index contributed by atoms with van der Waals surface area (Å²) in [5, 5.41) is 1.44. The van der Waals surface area contributed by atoms with E-state index in [1.165, 1.54) is 11.3 Å². The van der Waals surface area contributed by atoms with E-state index in [0.717, 1.165) is 5.56 Å². The number of fused-ring (bicyclic) bond motifs is 1. The number of hydrogen-bond acceptors (Lipinski definition) is 5. The minimum atomic E-state index is -3.36. The molecule has 2 bridgehead atoms. The fraction of sp³-hybridized carbons (Fsp3) is 0.706. The topological polar surface area (TPSA) is 66.9 Å². The molecule has 4 rings (SSSR count). The van der Waals surface area contributed by atoms with Crippen LogP contribution in [-0.2, 0) is 14.8 Å². The summed E-state index contributed by atoms with van der Waals surface area (Å²) >= 11 is 1.45. The third kappa shape index (κ3) is 2.74. The molecular weight excluding hydrogens is 360 g/mol. The summed E-state index contributed by atoms with van der Waals surface area (Å²) in [6.45, 7) is 7.71. The lowest BCUT2D eigenvalue weighted by Gasteiger charge is -2.39. The van der Waals surface area contributed by atoms with Gasteiger partial charge in [0.05, 0.1) is 17.5 Å². The van der Waals surface area contributed by atoms with E-state index in [0.29, 0.717) is 37.5 Å². The van der Waals surface area contributed by atoms with Gasteiger partial charge in [0.1, 0.15) is 10.9 Å². The Morgan fingerprint density at radius 3 is 2.84 bits per heavy atom. The van der Waals surface area contributed by atoms with Crippen LogP contribution in [0.25, 0.3) is 0 Å². The van der Waals surface area contributed by atoms with Crippen LogP contribution in [0.15, 0.2) is 11.4 Å². The summed E-state index contributed by atoms with van der Waals surface area (Å²) in [6.07, 6.45) is 0.309. The SMILES string of the molecule is Cc1csc(C(=O)N2C[C@H]3C[C@H]4[C@](C2)(CN(CC(C)C)S4(=O)=O)O3)c1. The van der Waals surface area contributed by atoms with Crippen LogP contribution in [0.1, 0.15) is 35.5 Å². The number of carbonyl (C=O) groups is 1. The Morgan fingerprint density at radius 1 is 1.44 bits per heavy atom. The number of hydrogen-bond donors (Lipinski definition) is 0. The number of rotatable bonds is 3. The summed E-state index contributed by atoms with van der Waals surface area (Å²) in [7, 11) is -3.36. The van der Waals surface area contributed by atoms with Crippen LogP contribution in [0.4, 0.5) is 0 Å². The van der Waals surface area contributed by atoms with E-state index in [1.54, 1.807) is 9.21 Å². The minimum Gasteiger partial charge on any atom is -0.365 e. The molecule has 3 fully saturated rings. The highest BCUT2D eigenvalue weighted by Crippen LogP contribution is 2.47. The highest BCUT2D eigenvalue weighted by atomic mass is 32.2. The van der Waals surface area contributed by atoms with E-state index < -0.39 is 20.9 Å². The van der Waals surface area contributed by atoms with Crippen LogP contribution in [0.2, 0.25) is 0 Å². The van der Waals surface area contributed by atoms with E-state index >= 15 is 0 Å². The van der Waals surface area contributed by atoms with E-state index in [-0.39, 0.29) is 17.9 Å². The van der Waals surface area contributed by atoms with Gasteiger partial charge >= 0.3 is 0 Å². The third-order valence-corrected chi connectivity index (χ3v) is 8.68. The molecule has 1 aromatic rings. The van der Waals surface area contributed by atoms with Gasteiger partial charge in [0.25, 0.3) is 5.91 Å². The Labute approximate surface area is 152 Å². The molecule has 0 aliphatic carbocycles. The van der Waals surface area contributed by atoms with Crippen molar-refractivity contribution in [2.75, 3.05) is 26.2 Å². The summed E-state index contributed by atoms with van der Waals surface area (Å²) in [6, 6.07) is 1.90. The first-order valence-electron chi connectivity index (χ1n) is 8.72. The summed E-state index contributed by atoms with van der Waals surface area (Å²) in [4.78, 5) is 15.4. The number of likely N-dealkylation sites (tertiary alicyclic amines) is 1. The number of morpholine rings is 1. The first-order valence-corrected chi connectivity index (χ1v) is 11.1. The van der Waals surface area contributed by atoms with Gasteiger partial charge in [-0.15, -0.1) is 11.3 Å². The fourth-order valence-corrected chi connectivity index (χ4v) is 7.71. The van der Waals surface area contributed by atoms with Crippen molar-refractivity contribution >= 4 is 27.3 Å². The molecule has 0 saturated carbocycles. The van der Waals surface area contributed by atoms with Crippen LogP contribution >= 0.6 is 11.3 Å². The van der Waals surface area contributed by atoms with Crippen molar-refractivity contribution in [2.24, 2.45) is 5.92 Å². The number of nitrogens with zero attached hydrogens (tertiary/aromatic N) is 2. The zero-order valence-corrected chi connectivity index (χ0v) is 16.4. The molecule has 0 unspecified atom stereocenters. The molecule has 3 aliphatic heterocycles. The second-order valence-corrected chi connectivity index (χ2v) is 11.0. The van der Waals surface area contributed by atoms with Crippen molar-refractivity contribution in [2.45, 2.75) is 44.1 Å². The molecular formula is C17H24N2O4S2. The second kappa shape index (κ2) is 5.77. The Balaban J connectivity index is 1.61. The van der Waals surface area contributed by atoms with Gasteiger partial charge in [-0.3, -0.25) is 4.79 Å². The van der Waals surface area contributed by atoms with Gasteiger partial charge in [-0.1, -0.05) is 13.8 Å². The van der Waals surface area contributed by atoms with Gasteiger partial charge in [0.15, 0.2) is 0 Å². The normalized spacial score (nSPS) is 33.8. The standard InChI is InChI=1S/C17H24N2O4S2/c1-11(2)6-19-10-17-9-18(16(20)14-4-12(3)8-24-14)7-13(23-17)5-15(17)25(19,21)22/h4,8,11,13,15H,5-7,9-10H2,1-3H3/t13-,15+,17+/m1/s1. The van der Waals surface area contributed by atoms with Crippen molar-refractivity contribution in [1.29, 1.82) is 0 Å². The predicted octanol–water partition coefficient (Wildman–Crippen LogP) is 1.71. The van der Waals surface area contributed by atoms with Crippen molar-refractivity contribution in [3.05, 3.63) is 21.9 Å². The van der Waals surface area contributed by atoms with E-state index in [4.69, 9.17) is 4.74 Å². The average molecular weight is 385 g/mol. The van der Waals surface area contributed by atoms with Crippen molar-refractivity contribution in [3.63, 3.8) is 0 Å². The number of amides is 1. The molecule has 0 aromatic carbocycles. The molecule has 0 radical (unpaired) electrons. The summed E-state index contributed by atoms with van der Waals surface area (Å²) in [5.41, 5.74) is 0.311. The molecule has 1 aromatic heterocycles. The first kappa shape index (κ1) is 17.5. The van der Waals surface area contributed by atoms with E-state index in [9.17, 15) is 13.2 Å². The quantitative estimate of drug-likeness (QED) is 0.796. The lowest BCUT2D eigenvalue weighted by Crippen LogP contribution is -2.56. The molecule has 6 nitrogen and oxygen atoms in total. The predicted molar refractivity (Wildman–Crippen MR) is 96.3 cm³/mol. The van der Waals surface area contributed by atoms with Crippen molar-refractivity contribution in [3.8, 4) is 0 Å². The molecule has 138 valence electrons. The molecule has 3 aliphatic rings. The Kier molecular flexibility index (Phi) is 4.03. The molecule has 1 amide bonds. The largest absolute Gasteiger partial charge is 0.365 e. The molecule has 0 N–H and O–H groups in total. The van der Waals surface area contributed by atoms with Gasteiger partial charge in [0, 0.05) is 19.6 Å². The van der Waals surface area contributed by atoms with Gasteiger partial charge in [-0.05, 0) is 36.3 Å². The highest BCUT2D eigenvalue weighted by molar-refractivity contribution is 7.90. The molecule has 3 atom stereocenters. The fourth-order valence-electron chi connectivity index (χ4n) is 4.37. The zero-order chi connectivity index (χ0) is 18.0. The van der Waals surface area contributed by atoms with Crippen LogP contribution < -0.4 is 0 Å². The summed E-state index contributed by atoms with van der Waals surface area (Å²) < 4.78 is 33.6. The lowest BCUT2D eigenvalue weighted by atomic mass is 9.99. The lowest BCUT2D eigenvalue weighted by molar-refractivity contribution is -0.0979. The molecule has 4 heterocycles. The van der Waals surface area contributed by atoms with Gasteiger partial charge < -0.3 is 9.64 Å². The minimum absolute atomic E-state index is 0.00821. The van der Waals surface area contributed by atoms with Crippen molar-refractivity contribution < 1.29 is 17.9 Å². The highest BCUT2D eigenvalue weighted by Gasteiger charge is 2.65. The number of sulfonamides is 1. The molecule has 3 saturated heterocycles. The third-order valence-electron chi connectivity index (χ3n) is 5.31. The maximum Gasteiger partial charge on any atom is 0.264 e. The van der Waals surface area contributed by atoms with Gasteiger partial charge in [-0.2, -0.15) is 4.31 Å². The van der Waals surface area contributed by atoms with Crippen LogP contribution in [0.3, 0.4) is 0 Å². The van der Waals surface area contributed by atoms with Crippen molar-refractivity contribution in [1.82, 2.24) is 9.21 Å². The monoisotopic (exact) mass is 384 g/mol. The average Bonchev–Trinajstić information content (AvgIpc) is 3.11. The first-order chi connectivity index (χ1) is 11.7. The van der Waals surface area contributed by atoms with Crippen LogP contribution in [0, 0.1) is 12.8 Å². The van der Waals surface area contributed by atoms with Crippen LogP contribution in [-0.4, -0.2) is 66.7 Å². The van der Waals surface area contributed by atoms with E-state index in [2.05, 4.69) is 0 Å². The number of carbonyl (C=O) groups excluding carboxylic acids is 1. The number of aryl methyl sites for hydroxylation is 1. The maximum atomic E-state index is 12.9. The maximum absolute atomic E-state index is 12.9. The van der Waals surface area contributed by atoms with Crippen LogP contribution in [0.5, 0.6) is 0 Å². The Hall–Kier alpha value is -0.960. The van der Waals surface area contributed by atoms with Gasteiger partial charge in [0.2, 0.25) is 10.0 Å². The van der Waals surface area contributed by atoms with E-state index in [1.807, 2.05) is 32.2 Å². The molecule has 1 spiro atoms. The Bertz CT molecular complexity index is 803. The van der Waals surface area contributed by atoms with Gasteiger partial charge in [-0.25, -0.2) is 8.42 Å². The Morgan fingerprint density at radius 2 is 2.20 bits per heavy atom. The number of ether oxygens (including phenoxy) is 1. The smallest absolute Gasteiger partial charge is 0.264 e. The second-order valence-electron chi connectivity index (χ2n) is 7.93. The molecule has 8 heteroatoms. The summed E-state index contributed by atoms with van der Waals surface area (Å²) in [5.74, 6) is 0.252. The zero-order valence-electron chi connectivity index (χ0n) is 14.8. The molecule has 25 heavy (non-hydrogen) atoms. The number of thiophene rings is 1.